The molecule has 0 bridgehead atoms. The number of hydrogen-bond acceptors (Lipinski definition) is 3. The number of amides is 2. The van der Waals surface area contributed by atoms with E-state index in [1.807, 2.05) is 23.1 Å². The van der Waals surface area contributed by atoms with Crippen molar-refractivity contribution in [3.8, 4) is 0 Å². The second kappa shape index (κ2) is 8.02. The van der Waals surface area contributed by atoms with Crippen LogP contribution in [0.1, 0.15) is 44.6 Å². The van der Waals surface area contributed by atoms with Crippen molar-refractivity contribution in [2.75, 3.05) is 26.2 Å². The van der Waals surface area contributed by atoms with Crippen molar-refractivity contribution in [3.63, 3.8) is 0 Å². The molecular formula is C21H28N2O3. The van der Waals surface area contributed by atoms with Crippen LogP contribution in [0.25, 0.3) is 0 Å². The summed E-state index contributed by atoms with van der Waals surface area (Å²) in [6.07, 6.45) is 4.62. The van der Waals surface area contributed by atoms with Gasteiger partial charge in [0, 0.05) is 32.6 Å². The number of benzene rings is 1. The lowest BCUT2D eigenvalue weighted by Gasteiger charge is -2.39. The van der Waals surface area contributed by atoms with Crippen LogP contribution in [0.3, 0.4) is 0 Å². The smallest absolute Gasteiger partial charge is 0.289 e. The quantitative estimate of drug-likeness (QED) is 0.736. The van der Waals surface area contributed by atoms with Crippen LogP contribution in [-0.2, 0) is 20.8 Å². The van der Waals surface area contributed by atoms with E-state index in [-0.39, 0.29) is 18.1 Å². The summed E-state index contributed by atoms with van der Waals surface area (Å²) in [5, 5.41) is 0. The van der Waals surface area contributed by atoms with E-state index in [9.17, 15) is 14.4 Å². The summed E-state index contributed by atoms with van der Waals surface area (Å²) >= 11 is 0. The molecule has 5 heteroatoms. The molecule has 1 aromatic carbocycles. The zero-order chi connectivity index (χ0) is 18.6. The molecule has 3 rings (SSSR count). The summed E-state index contributed by atoms with van der Waals surface area (Å²) in [6.45, 7) is 4.20. The number of Topliss-reactive ketones (excluding diaryl/α,β-unsaturated/α-hetero) is 1. The third kappa shape index (κ3) is 3.81. The number of hydrogen-bond donors (Lipinski definition) is 0. The van der Waals surface area contributed by atoms with Gasteiger partial charge in [0.2, 0.25) is 11.7 Å². The van der Waals surface area contributed by atoms with Crippen molar-refractivity contribution in [2.45, 2.75) is 45.4 Å². The van der Waals surface area contributed by atoms with Crippen LogP contribution in [0.5, 0.6) is 0 Å². The molecule has 2 aliphatic heterocycles. The molecule has 26 heavy (non-hydrogen) atoms. The Morgan fingerprint density at radius 1 is 1.12 bits per heavy atom. The summed E-state index contributed by atoms with van der Waals surface area (Å²) in [6, 6.07) is 10.3. The van der Waals surface area contributed by atoms with Gasteiger partial charge in [-0.2, -0.15) is 0 Å². The molecule has 0 N–H and O–H groups in total. The highest BCUT2D eigenvalue weighted by atomic mass is 16.2. The third-order valence-electron chi connectivity index (χ3n) is 5.76. The van der Waals surface area contributed by atoms with E-state index in [0.29, 0.717) is 19.5 Å². The number of carbonyl (C=O) groups excluding carboxylic acids is 3. The molecule has 1 atom stereocenters. The Morgan fingerprint density at radius 3 is 2.62 bits per heavy atom. The molecule has 1 spiro atoms. The van der Waals surface area contributed by atoms with E-state index >= 15 is 0 Å². The maximum absolute atomic E-state index is 13.1. The summed E-state index contributed by atoms with van der Waals surface area (Å²) in [7, 11) is 0. The van der Waals surface area contributed by atoms with Gasteiger partial charge in [0.1, 0.15) is 0 Å². The molecule has 1 unspecified atom stereocenters. The van der Waals surface area contributed by atoms with E-state index < -0.39 is 11.3 Å². The van der Waals surface area contributed by atoms with Crippen LogP contribution < -0.4 is 0 Å². The van der Waals surface area contributed by atoms with Gasteiger partial charge >= 0.3 is 0 Å². The molecule has 0 saturated carbocycles. The first-order chi connectivity index (χ1) is 12.6. The maximum atomic E-state index is 13.1. The number of rotatable bonds is 6. The van der Waals surface area contributed by atoms with Crippen molar-refractivity contribution < 1.29 is 14.4 Å². The fraction of sp³-hybridized carbons (Fsp3) is 0.571. The molecule has 1 aromatic rings. The average molecular weight is 356 g/mol. The largest absolute Gasteiger partial charge is 0.342 e. The number of ketones is 1. The number of aryl methyl sites for hydroxylation is 1. The highest BCUT2D eigenvalue weighted by molar-refractivity contribution is 6.36. The van der Waals surface area contributed by atoms with Gasteiger partial charge in [-0.15, -0.1) is 0 Å². The minimum absolute atomic E-state index is 0.177. The standard InChI is InChI=1S/C21H28N2O3/c1-2-18(24)19(25)23-15-12-21(16-23)11-7-14-22(20(21)26)13-6-10-17-8-4-3-5-9-17/h3-5,8-9H,2,6-7,10-16H2,1H3. The van der Waals surface area contributed by atoms with E-state index in [1.165, 1.54) is 5.56 Å². The second-order valence-corrected chi connectivity index (χ2v) is 7.52. The van der Waals surface area contributed by atoms with E-state index in [1.54, 1.807) is 11.8 Å². The summed E-state index contributed by atoms with van der Waals surface area (Å²) in [5.74, 6) is -0.598. The predicted molar refractivity (Wildman–Crippen MR) is 99.5 cm³/mol. The molecular weight excluding hydrogens is 328 g/mol. The van der Waals surface area contributed by atoms with E-state index in [0.717, 1.165) is 38.8 Å². The molecule has 0 radical (unpaired) electrons. The van der Waals surface area contributed by atoms with Gasteiger partial charge in [0.25, 0.3) is 5.91 Å². The van der Waals surface area contributed by atoms with Crippen molar-refractivity contribution in [2.24, 2.45) is 5.41 Å². The minimum Gasteiger partial charge on any atom is -0.342 e. The van der Waals surface area contributed by atoms with Crippen LogP contribution >= 0.6 is 0 Å². The van der Waals surface area contributed by atoms with Gasteiger partial charge in [0.05, 0.1) is 5.41 Å². The number of carbonyl (C=O) groups is 3. The highest BCUT2D eigenvalue weighted by Crippen LogP contribution is 2.40. The first-order valence-electron chi connectivity index (χ1n) is 9.71. The average Bonchev–Trinajstić information content (AvgIpc) is 3.10. The molecule has 5 nitrogen and oxygen atoms in total. The molecule has 2 amide bonds. The Hall–Kier alpha value is -2.17. The van der Waals surface area contributed by atoms with Crippen molar-refractivity contribution in [1.29, 1.82) is 0 Å². The normalized spacial score (nSPS) is 22.9. The van der Waals surface area contributed by atoms with Crippen LogP contribution in [0, 0.1) is 5.41 Å². The Labute approximate surface area is 155 Å². The Balaban J connectivity index is 1.57. The highest BCUT2D eigenvalue weighted by Gasteiger charge is 2.49. The molecule has 140 valence electrons. The topological polar surface area (TPSA) is 57.7 Å². The molecule has 2 saturated heterocycles. The van der Waals surface area contributed by atoms with Gasteiger partial charge in [-0.05, 0) is 37.7 Å². The van der Waals surface area contributed by atoms with Gasteiger partial charge in [-0.3, -0.25) is 14.4 Å². The maximum Gasteiger partial charge on any atom is 0.289 e. The third-order valence-corrected chi connectivity index (χ3v) is 5.76. The van der Waals surface area contributed by atoms with Crippen molar-refractivity contribution >= 4 is 17.6 Å². The SMILES string of the molecule is CCC(=O)C(=O)N1CCC2(CCCN(CCCc3ccccc3)C2=O)C1. The zero-order valence-corrected chi connectivity index (χ0v) is 15.6. The Kier molecular flexibility index (Phi) is 5.74. The monoisotopic (exact) mass is 356 g/mol. The molecule has 2 aliphatic rings. The lowest BCUT2D eigenvalue weighted by molar-refractivity contribution is -0.148. The van der Waals surface area contributed by atoms with Gasteiger partial charge in [0.15, 0.2) is 0 Å². The minimum atomic E-state index is -0.464. The number of nitrogens with zero attached hydrogens (tertiary/aromatic N) is 2. The van der Waals surface area contributed by atoms with Crippen LogP contribution in [0.2, 0.25) is 0 Å². The first-order valence-corrected chi connectivity index (χ1v) is 9.71. The zero-order valence-electron chi connectivity index (χ0n) is 15.6. The van der Waals surface area contributed by atoms with Crippen LogP contribution in [0.4, 0.5) is 0 Å². The summed E-state index contributed by atoms with van der Waals surface area (Å²) in [4.78, 5) is 40.5. The molecule has 2 fully saturated rings. The fourth-order valence-corrected chi connectivity index (χ4v) is 4.24. The molecule has 0 aromatic heterocycles. The Bertz CT molecular complexity index is 673. The van der Waals surface area contributed by atoms with Crippen LogP contribution in [-0.4, -0.2) is 53.6 Å². The van der Waals surface area contributed by atoms with Gasteiger partial charge in [-0.25, -0.2) is 0 Å². The summed E-state index contributed by atoms with van der Waals surface area (Å²) < 4.78 is 0. The molecule has 0 aliphatic carbocycles. The van der Waals surface area contributed by atoms with Gasteiger partial charge in [-0.1, -0.05) is 37.3 Å². The first kappa shape index (κ1) is 18.6. The fourth-order valence-electron chi connectivity index (χ4n) is 4.24. The van der Waals surface area contributed by atoms with Crippen molar-refractivity contribution in [1.82, 2.24) is 9.80 Å². The van der Waals surface area contributed by atoms with Crippen molar-refractivity contribution in [3.05, 3.63) is 35.9 Å². The molecule has 2 heterocycles. The lowest BCUT2D eigenvalue weighted by atomic mass is 9.78. The Morgan fingerprint density at radius 2 is 1.88 bits per heavy atom. The summed E-state index contributed by atoms with van der Waals surface area (Å²) in [5.41, 5.74) is 0.830. The van der Waals surface area contributed by atoms with E-state index in [4.69, 9.17) is 0 Å². The number of likely N-dealkylation sites (tertiary alicyclic amines) is 2. The van der Waals surface area contributed by atoms with Crippen LogP contribution in [0.15, 0.2) is 30.3 Å². The predicted octanol–water partition coefficient (Wildman–Crippen LogP) is 2.44. The number of piperidine rings is 1. The second-order valence-electron chi connectivity index (χ2n) is 7.52. The van der Waals surface area contributed by atoms with E-state index in [2.05, 4.69) is 12.1 Å². The lowest BCUT2D eigenvalue weighted by Crippen LogP contribution is -2.51. The van der Waals surface area contributed by atoms with Gasteiger partial charge < -0.3 is 9.80 Å².